The molecule has 1 aromatic rings. The van der Waals surface area contributed by atoms with Crippen LogP contribution in [-0.2, 0) is 0 Å². The quantitative estimate of drug-likeness (QED) is 0.832. The minimum absolute atomic E-state index is 0.122. The molecule has 0 aliphatic carbocycles. The molecule has 1 rings (SSSR count). The van der Waals surface area contributed by atoms with Crippen LogP contribution in [0.3, 0.4) is 0 Å². The molecule has 0 bridgehead atoms. The first-order valence-corrected chi connectivity index (χ1v) is 5.01. The Hall–Kier alpha value is -0.800. The summed E-state index contributed by atoms with van der Waals surface area (Å²) < 4.78 is 0. The first kappa shape index (κ1) is 11.3. The van der Waals surface area contributed by atoms with Crippen molar-refractivity contribution in [3.05, 3.63) is 23.5 Å². The molecule has 1 heterocycles. The predicted molar refractivity (Wildman–Crippen MR) is 58.8 cm³/mol. The van der Waals surface area contributed by atoms with Crippen molar-refractivity contribution in [2.45, 2.75) is 19.9 Å². The van der Waals surface area contributed by atoms with Gasteiger partial charge in [-0.2, -0.15) is 0 Å². The number of aromatic nitrogens is 1. The smallest absolute Gasteiger partial charge is 0.0822 e. The summed E-state index contributed by atoms with van der Waals surface area (Å²) in [5, 5.41) is 9.56. The molecule has 1 aromatic heterocycles. The zero-order valence-corrected chi connectivity index (χ0v) is 9.20. The van der Waals surface area contributed by atoms with Gasteiger partial charge in [0.05, 0.1) is 17.3 Å². The van der Waals surface area contributed by atoms with Gasteiger partial charge in [0, 0.05) is 25.0 Å². The van der Waals surface area contributed by atoms with Crippen molar-refractivity contribution in [3.63, 3.8) is 0 Å². The summed E-state index contributed by atoms with van der Waals surface area (Å²) in [7, 11) is 0. The van der Waals surface area contributed by atoms with Gasteiger partial charge in [0.2, 0.25) is 0 Å². The van der Waals surface area contributed by atoms with Crippen LogP contribution in [0, 0.1) is 0 Å². The molecule has 0 radical (unpaired) electrons. The molecular formula is C10H15ClN2O. The molecule has 0 aromatic carbocycles. The number of rotatable bonds is 4. The van der Waals surface area contributed by atoms with Crippen molar-refractivity contribution >= 4 is 17.3 Å². The van der Waals surface area contributed by atoms with Crippen molar-refractivity contribution in [1.29, 1.82) is 0 Å². The Labute approximate surface area is 89.3 Å². The fraction of sp³-hybridized carbons (Fsp3) is 0.500. The SMILES string of the molecule is CC(C)N(CCO)c1ccncc1Cl. The van der Waals surface area contributed by atoms with E-state index < -0.39 is 0 Å². The first-order valence-electron chi connectivity index (χ1n) is 4.64. The number of pyridine rings is 1. The lowest BCUT2D eigenvalue weighted by Gasteiger charge is -2.28. The largest absolute Gasteiger partial charge is 0.395 e. The van der Waals surface area contributed by atoms with E-state index in [1.165, 1.54) is 0 Å². The van der Waals surface area contributed by atoms with Gasteiger partial charge in [-0.15, -0.1) is 0 Å². The Balaban J connectivity index is 2.93. The van der Waals surface area contributed by atoms with Crippen LogP contribution in [0.2, 0.25) is 5.02 Å². The summed E-state index contributed by atoms with van der Waals surface area (Å²) in [6.45, 7) is 4.83. The Morgan fingerprint density at radius 2 is 2.29 bits per heavy atom. The van der Waals surface area contributed by atoms with Crippen LogP contribution in [0.5, 0.6) is 0 Å². The molecule has 0 amide bonds. The Morgan fingerprint density at radius 1 is 1.57 bits per heavy atom. The normalized spacial score (nSPS) is 10.6. The van der Waals surface area contributed by atoms with Gasteiger partial charge in [0.15, 0.2) is 0 Å². The molecule has 0 saturated heterocycles. The van der Waals surface area contributed by atoms with E-state index in [0.29, 0.717) is 17.6 Å². The lowest BCUT2D eigenvalue weighted by Crippen LogP contribution is -2.33. The number of nitrogens with zero attached hydrogens (tertiary/aromatic N) is 2. The number of aliphatic hydroxyl groups is 1. The highest BCUT2D eigenvalue weighted by Gasteiger charge is 2.12. The summed E-state index contributed by atoms with van der Waals surface area (Å²) in [5.74, 6) is 0. The van der Waals surface area contributed by atoms with Crippen molar-refractivity contribution in [3.8, 4) is 0 Å². The molecule has 0 spiro atoms. The molecule has 0 aliphatic rings. The van der Waals surface area contributed by atoms with E-state index in [9.17, 15) is 0 Å². The van der Waals surface area contributed by atoms with Crippen LogP contribution in [0.15, 0.2) is 18.5 Å². The average Bonchev–Trinajstić information content (AvgIpc) is 2.15. The second kappa shape index (κ2) is 5.17. The molecule has 0 saturated carbocycles. The molecule has 78 valence electrons. The van der Waals surface area contributed by atoms with Crippen molar-refractivity contribution < 1.29 is 5.11 Å². The lowest BCUT2D eigenvalue weighted by molar-refractivity contribution is 0.299. The van der Waals surface area contributed by atoms with Gasteiger partial charge in [-0.1, -0.05) is 11.6 Å². The minimum atomic E-state index is 0.122. The zero-order valence-electron chi connectivity index (χ0n) is 8.44. The van der Waals surface area contributed by atoms with Crippen LogP contribution >= 0.6 is 11.6 Å². The number of halogens is 1. The zero-order chi connectivity index (χ0) is 10.6. The van der Waals surface area contributed by atoms with Gasteiger partial charge in [-0.25, -0.2) is 0 Å². The van der Waals surface area contributed by atoms with E-state index in [2.05, 4.69) is 18.8 Å². The average molecular weight is 215 g/mol. The molecule has 0 atom stereocenters. The van der Waals surface area contributed by atoms with Gasteiger partial charge in [0.1, 0.15) is 0 Å². The second-order valence-electron chi connectivity index (χ2n) is 3.34. The van der Waals surface area contributed by atoms with E-state index in [0.717, 1.165) is 5.69 Å². The summed E-state index contributed by atoms with van der Waals surface area (Å²) in [4.78, 5) is 5.97. The molecule has 3 nitrogen and oxygen atoms in total. The molecule has 14 heavy (non-hydrogen) atoms. The molecule has 0 aliphatic heterocycles. The molecular weight excluding hydrogens is 200 g/mol. The molecule has 1 N–H and O–H groups in total. The van der Waals surface area contributed by atoms with Crippen molar-refractivity contribution in [2.75, 3.05) is 18.1 Å². The van der Waals surface area contributed by atoms with Gasteiger partial charge in [0.25, 0.3) is 0 Å². The van der Waals surface area contributed by atoms with Crippen LogP contribution < -0.4 is 4.90 Å². The van der Waals surface area contributed by atoms with E-state index in [4.69, 9.17) is 16.7 Å². The third-order valence-electron chi connectivity index (χ3n) is 2.02. The van der Waals surface area contributed by atoms with Crippen LogP contribution in [0.4, 0.5) is 5.69 Å². The number of hydrogen-bond donors (Lipinski definition) is 1. The summed E-state index contributed by atoms with van der Waals surface area (Å²) >= 11 is 6.01. The summed E-state index contributed by atoms with van der Waals surface area (Å²) in [6.07, 6.45) is 3.32. The second-order valence-corrected chi connectivity index (χ2v) is 3.75. The van der Waals surface area contributed by atoms with Crippen molar-refractivity contribution in [2.24, 2.45) is 0 Å². The summed E-state index contributed by atoms with van der Waals surface area (Å²) in [6, 6.07) is 2.17. The number of anilines is 1. The predicted octanol–water partition coefficient (Wildman–Crippen LogP) is 1.94. The van der Waals surface area contributed by atoms with Crippen molar-refractivity contribution in [1.82, 2.24) is 4.98 Å². The topological polar surface area (TPSA) is 36.4 Å². The standard InChI is InChI=1S/C10H15ClN2O/c1-8(2)13(5-6-14)10-3-4-12-7-9(10)11/h3-4,7-8,14H,5-6H2,1-2H3. The highest BCUT2D eigenvalue weighted by molar-refractivity contribution is 6.33. The summed E-state index contributed by atoms with van der Waals surface area (Å²) in [5.41, 5.74) is 0.922. The number of hydrogen-bond acceptors (Lipinski definition) is 3. The van der Waals surface area contributed by atoms with Gasteiger partial charge < -0.3 is 10.0 Å². The Kier molecular flexibility index (Phi) is 4.17. The van der Waals surface area contributed by atoms with E-state index in [1.807, 2.05) is 11.0 Å². The van der Waals surface area contributed by atoms with Gasteiger partial charge >= 0.3 is 0 Å². The van der Waals surface area contributed by atoms with Crippen LogP contribution in [0.1, 0.15) is 13.8 Å². The maximum Gasteiger partial charge on any atom is 0.0822 e. The third kappa shape index (κ3) is 2.59. The minimum Gasteiger partial charge on any atom is -0.395 e. The molecule has 4 heteroatoms. The highest BCUT2D eigenvalue weighted by Crippen LogP contribution is 2.25. The fourth-order valence-corrected chi connectivity index (χ4v) is 1.59. The van der Waals surface area contributed by atoms with E-state index >= 15 is 0 Å². The van der Waals surface area contributed by atoms with Gasteiger partial charge in [-0.3, -0.25) is 4.98 Å². The molecule has 0 unspecified atom stereocenters. The maximum absolute atomic E-state index is 8.94. The fourth-order valence-electron chi connectivity index (χ4n) is 1.37. The third-order valence-corrected chi connectivity index (χ3v) is 2.32. The monoisotopic (exact) mass is 214 g/mol. The van der Waals surface area contributed by atoms with Crippen LogP contribution in [-0.4, -0.2) is 29.3 Å². The number of aliphatic hydroxyl groups excluding tert-OH is 1. The maximum atomic E-state index is 8.94. The lowest BCUT2D eigenvalue weighted by atomic mass is 10.2. The van der Waals surface area contributed by atoms with E-state index in [-0.39, 0.29) is 6.61 Å². The van der Waals surface area contributed by atoms with Crippen LogP contribution in [0.25, 0.3) is 0 Å². The highest BCUT2D eigenvalue weighted by atomic mass is 35.5. The van der Waals surface area contributed by atoms with Gasteiger partial charge in [-0.05, 0) is 19.9 Å². The first-order chi connectivity index (χ1) is 6.66. The Bertz CT molecular complexity index is 291. The molecule has 0 fully saturated rings. The Morgan fingerprint density at radius 3 is 2.79 bits per heavy atom. The van der Waals surface area contributed by atoms with E-state index in [1.54, 1.807) is 12.4 Å².